The second-order valence-corrected chi connectivity index (χ2v) is 6.74. The molecule has 0 bridgehead atoms. The first-order valence-corrected chi connectivity index (χ1v) is 8.88. The Hall–Kier alpha value is -1.52. The Labute approximate surface area is 156 Å². The molecule has 0 spiro atoms. The molecule has 0 aliphatic rings. The topological polar surface area (TPSA) is 35.5 Å². The second kappa shape index (κ2) is 8.54. The summed E-state index contributed by atoms with van der Waals surface area (Å²) in [5, 5.41) is 0.596. The standard InChI is InChI=1S/C19H20BrClO3/c1-4-13-9-17(21)18(8-12(13)2)24-11-15-14(10-19(22)23-3)6-5-7-16(15)20/h5-9H,4,10-11H2,1-3H3. The molecule has 2 aromatic rings. The minimum absolute atomic E-state index is 0.205. The summed E-state index contributed by atoms with van der Waals surface area (Å²) in [4.78, 5) is 11.6. The number of benzene rings is 2. The molecular weight excluding hydrogens is 392 g/mol. The predicted octanol–water partition coefficient (Wildman–Crippen LogP) is 5.27. The number of ether oxygens (including phenoxy) is 2. The van der Waals surface area contributed by atoms with E-state index >= 15 is 0 Å². The van der Waals surface area contributed by atoms with Crippen LogP contribution in [-0.4, -0.2) is 13.1 Å². The van der Waals surface area contributed by atoms with E-state index in [4.69, 9.17) is 21.1 Å². The van der Waals surface area contributed by atoms with Gasteiger partial charge in [0, 0.05) is 10.0 Å². The number of carbonyl (C=O) groups is 1. The Balaban J connectivity index is 2.23. The van der Waals surface area contributed by atoms with Crippen molar-refractivity contribution in [2.45, 2.75) is 33.3 Å². The van der Waals surface area contributed by atoms with Crippen molar-refractivity contribution < 1.29 is 14.3 Å². The number of esters is 1. The summed E-state index contributed by atoms with van der Waals surface area (Å²) >= 11 is 9.85. The number of hydrogen-bond donors (Lipinski definition) is 0. The van der Waals surface area contributed by atoms with Gasteiger partial charge in [-0.15, -0.1) is 0 Å². The minimum Gasteiger partial charge on any atom is -0.487 e. The van der Waals surface area contributed by atoms with Crippen molar-refractivity contribution >= 4 is 33.5 Å². The molecule has 0 N–H and O–H groups in total. The number of rotatable bonds is 6. The molecule has 2 rings (SSSR count). The van der Waals surface area contributed by atoms with E-state index in [0.29, 0.717) is 17.4 Å². The highest BCUT2D eigenvalue weighted by Gasteiger charge is 2.13. The van der Waals surface area contributed by atoms with Gasteiger partial charge in [-0.25, -0.2) is 0 Å². The van der Waals surface area contributed by atoms with Crippen LogP contribution in [0.3, 0.4) is 0 Å². The third-order valence-electron chi connectivity index (χ3n) is 3.92. The van der Waals surface area contributed by atoms with E-state index in [9.17, 15) is 4.79 Å². The van der Waals surface area contributed by atoms with E-state index in [2.05, 4.69) is 22.9 Å². The highest BCUT2D eigenvalue weighted by atomic mass is 79.9. The second-order valence-electron chi connectivity index (χ2n) is 5.48. The minimum atomic E-state index is -0.282. The monoisotopic (exact) mass is 410 g/mol. The molecule has 2 aromatic carbocycles. The first kappa shape index (κ1) is 18.8. The first-order valence-electron chi connectivity index (χ1n) is 7.71. The first-order chi connectivity index (χ1) is 11.5. The van der Waals surface area contributed by atoms with Crippen LogP contribution >= 0.6 is 27.5 Å². The van der Waals surface area contributed by atoms with Crippen LogP contribution in [0, 0.1) is 6.92 Å². The van der Waals surface area contributed by atoms with Crippen molar-refractivity contribution in [3.8, 4) is 5.75 Å². The Morgan fingerprint density at radius 1 is 1.25 bits per heavy atom. The Kier molecular flexibility index (Phi) is 6.69. The molecule has 3 nitrogen and oxygen atoms in total. The van der Waals surface area contributed by atoms with E-state index in [1.165, 1.54) is 12.7 Å². The van der Waals surface area contributed by atoms with Gasteiger partial charge in [-0.05, 0) is 48.2 Å². The Morgan fingerprint density at radius 3 is 2.67 bits per heavy atom. The van der Waals surface area contributed by atoms with Crippen molar-refractivity contribution in [2.75, 3.05) is 7.11 Å². The van der Waals surface area contributed by atoms with Crippen molar-refractivity contribution in [3.05, 3.63) is 62.1 Å². The normalized spacial score (nSPS) is 10.5. The van der Waals surface area contributed by atoms with Gasteiger partial charge in [0.25, 0.3) is 0 Å². The van der Waals surface area contributed by atoms with Crippen LogP contribution in [0.2, 0.25) is 5.02 Å². The van der Waals surface area contributed by atoms with Gasteiger partial charge in [-0.3, -0.25) is 4.79 Å². The van der Waals surface area contributed by atoms with Crippen molar-refractivity contribution in [1.82, 2.24) is 0 Å². The van der Waals surface area contributed by atoms with Gasteiger partial charge in [0.15, 0.2) is 0 Å². The summed E-state index contributed by atoms with van der Waals surface area (Å²) in [6.07, 6.45) is 1.13. The zero-order chi connectivity index (χ0) is 17.7. The van der Waals surface area contributed by atoms with Crippen LogP contribution in [0.15, 0.2) is 34.8 Å². The summed E-state index contributed by atoms with van der Waals surface area (Å²) in [5.41, 5.74) is 4.14. The third-order valence-corrected chi connectivity index (χ3v) is 4.96. The lowest BCUT2D eigenvalue weighted by molar-refractivity contribution is -0.139. The van der Waals surface area contributed by atoms with E-state index < -0.39 is 0 Å². The lowest BCUT2D eigenvalue weighted by atomic mass is 10.0. The van der Waals surface area contributed by atoms with Gasteiger partial charge < -0.3 is 9.47 Å². The highest BCUT2D eigenvalue weighted by molar-refractivity contribution is 9.10. The molecule has 0 radical (unpaired) electrons. The average molecular weight is 412 g/mol. The molecule has 0 aliphatic carbocycles. The zero-order valence-corrected chi connectivity index (χ0v) is 16.3. The molecule has 0 unspecified atom stereocenters. The summed E-state index contributed by atoms with van der Waals surface area (Å²) in [7, 11) is 1.38. The Morgan fingerprint density at radius 2 is 2.00 bits per heavy atom. The molecular formula is C19H20BrClO3. The smallest absolute Gasteiger partial charge is 0.309 e. The van der Waals surface area contributed by atoms with Gasteiger partial charge in [0.05, 0.1) is 18.6 Å². The molecule has 0 atom stereocenters. The van der Waals surface area contributed by atoms with E-state index in [0.717, 1.165) is 27.6 Å². The van der Waals surface area contributed by atoms with Crippen molar-refractivity contribution in [1.29, 1.82) is 0 Å². The number of hydrogen-bond acceptors (Lipinski definition) is 3. The molecule has 0 saturated carbocycles. The average Bonchev–Trinajstić information content (AvgIpc) is 2.56. The SMILES string of the molecule is CCc1cc(Cl)c(OCc2c(Br)cccc2CC(=O)OC)cc1C. The lowest BCUT2D eigenvalue weighted by Gasteiger charge is -2.15. The molecule has 5 heteroatoms. The zero-order valence-electron chi connectivity index (χ0n) is 14.0. The molecule has 0 heterocycles. The van der Waals surface area contributed by atoms with Crippen LogP contribution in [0.1, 0.15) is 29.2 Å². The lowest BCUT2D eigenvalue weighted by Crippen LogP contribution is -2.09. The van der Waals surface area contributed by atoms with Gasteiger partial charge in [-0.1, -0.05) is 46.6 Å². The maximum atomic E-state index is 11.6. The van der Waals surface area contributed by atoms with Gasteiger partial charge in [0.1, 0.15) is 12.4 Å². The Bertz CT molecular complexity index is 744. The summed E-state index contributed by atoms with van der Waals surface area (Å²) in [5.74, 6) is 0.363. The van der Waals surface area contributed by atoms with Crippen LogP contribution < -0.4 is 4.74 Å². The third kappa shape index (κ3) is 4.52. The molecule has 0 amide bonds. The quantitative estimate of drug-likeness (QED) is 0.608. The summed E-state index contributed by atoms with van der Waals surface area (Å²) < 4.78 is 11.6. The fourth-order valence-corrected chi connectivity index (χ4v) is 3.26. The van der Waals surface area contributed by atoms with Crippen molar-refractivity contribution in [2.24, 2.45) is 0 Å². The van der Waals surface area contributed by atoms with Crippen LogP contribution in [-0.2, 0) is 29.0 Å². The molecule has 128 valence electrons. The number of halogens is 2. The number of aryl methyl sites for hydroxylation is 2. The fraction of sp³-hybridized carbons (Fsp3) is 0.316. The molecule has 0 aromatic heterocycles. The number of carbonyl (C=O) groups excluding carboxylic acids is 1. The number of methoxy groups -OCH3 is 1. The maximum Gasteiger partial charge on any atom is 0.309 e. The highest BCUT2D eigenvalue weighted by Crippen LogP contribution is 2.30. The maximum absolute atomic E-state index is 11.6. The molecule has 24 heavy (non-hydrogen) atoms. The summed E-state index contributed by atoms with van der Waals surface area (Å²) in [6, 6.07) is 9.61. The van der Waals surface area contributed by atoms with E-state index in [-0.39, 0.29) is 12.4 Å². The predicted molar refractivity (Wildman–Crippen MR) is 99.8 cm³/mol. The summed E-state index contributed by atoms with van der Waals surface area (Å²) in [6.45, 7) is 4.46. The van der Waals surface area contributed by atoms with Gasteiger partial charge in [0.2, 0.25) is 0 Å². The van der Waals surface area contributed by atoms with Gasteiger partial charge in [-0.2, -0.15) is 0 Å². The molecule has 0 fully saturated rings. The largest absolute Gasteiger partial charge is 0.487 e. The van der Waals surface area contributed by atoms with Crippen LogP contribution in [0.5, 0.6) is 5.75 Å². The van der Waals surface area contributed by atoms with E-state index in [1.54, 1.807) is 0 Å². The van der Waals surface area contributed by atoms with Crippen LogP contribution in [0.4, 0.5) is 0 Å². The van der Waals surface area contributed by atoms with Crippen LogP contribution in [0.25, 0.3) is 0 Å². The molecule has 0 saturated heterocycles. The van der Waals surface area contributed by atoms with Crippen molar-refractivity contribution in [3.63, 3.8) is 0 Å². The fourth-order valence-electron chi connectivity index (χ4n) is 2.50. The van der Waals surface area contributed by atoms with E-state index in [1.807, 2.05) is 37.3 Å². The van der Waals surface area contributed by atoms with Gasteiger partial charge >= 0.3 is 5.97 Å². The molecule has 0 aliphatic heterocycles.